The minimum Gasteiger partial charge on any atom is -0.467 e. The summed E-state index contributed by atoms with van der Waals surface area (Å²) in [7, 11) is 0. The number of nitrogens with zero attached hydrogens (tertiary/aromatic N) is 2. The van der Waals surface area contributed by atoms with E-state index in [2.05, 4.69) is 5.32 Å². The first-order valence-electron chi connectivity index (χ1n) is 10.2. The maximum atomic E-state index is 13.5. The lowest BCUT2D eigenvalue weighted by Gasteiger charge is -2.19. The minimum absolute atomic E-state index is 0.117. The third-order valence-electron chi connectivity index (χ3n) is 5.11. The second-order valence-electron chi connectivity index (χ2n) is 7.50. The fourth-order valence-corrected chi connectivity index (χ4v) is 4.98. The normalized spacial score (nSPS) is 17.1. The summed E-state index contributed by atoms with van der Waals surface area (Å²) in [5.74, 6) is -0.190. The van der Waals surface area contributed by atoms with Crippen LogP contribution >= 0.6 is 23.4 Å². The zero-order chi connectivity index (χ0) is 23.4. The summed E-state index contributed by atoms with van der Waals surface area (Å²) in [4.78, 5) is 27.8. The van der Waals surface area contributed by atoms with Gasteiger partial charge in [0.2, 0.25) is 5.91 Å². The van der Waals surface area contributed by atoms with E-state index in [0.29, 0.717) is 27.9 Å². The van der Waals surface area contributed by atoms with E-state index < -0.39 is 11.2 Å². The molecule has 0 aliphatic carbocycles. The number of carbonyl (C=O) groups excluding carboxylic acids is 2. The number of nitriles is 1. The highest BCUT2D eigenvalue weighted by Crippen LogP contribution is 2.42. The minimum atomic E-state index is -0.565. The molecule has 6 nitrogen and oxygen atoms in total. The highest BCUT2D eigenvalue weighted by Gasteiger charge is 2.40. The number of amides is 2. The highest BCUT2D eigenvalue weighted by molar-refractivity contribution is 8.05. The fraction of sp³-hybridized carbons (Fsp3) is 0.160. The van der Waals surface area contributed by atoms with Crippen LogP contribution in [0.15, 0.2) is 81.9 Å². The number of rotatable bonds is 6. The van der Waals surface area contributed by atoms with E-state index in [4.69, 9.17) is 16.0 Å². The molecule has 2 amide bonds. The standard InChI is InChI=1S/C25H20ClN3O3S/c1-16-7-9-19(10-8-16)29-24(31)22(13-17-4-2-5-18(26)12-17)33-25(29)21(14-27)23(30)28-15-20-6-3-11-32-20/h2-12,22H,13,15H2,1H3,(H,28,30)/b25-21-/t22-/m0/s1. The smallest absolute Gasteiger partial charge is 0.265 e. The molecule has 0 bridgehead atoms. The summed E-state index contributed by atoms with van der Waals surface area (Å²) < 4.78 is 5.24. The Morgan fingerprint density at radius 3 is 2.67 bits per heavy atom. The molecule has 1 aliphatic rings. The van der Waals surface area contributed by atoms with Crippen LogP contribution in [0.1, 0.15) is 16.9 Å². The number of nitrogens with one attached hydrogen (secondary N) is 1. The molecule has 1 aliphatic heterocycles. The first-order chi connectivity index (χ1) is 16.0. The van der Waals surface area contributed by atoms with Crippen LogP contribution in [-0.2, 0) is 22.6 Å². The number of carbonyl (C=O) groups is 2. The van der Waals surface area contributed by atoms with Crippen molar-refractivity contribution in [3.05, 3.63) is 99.4 Å². The van der Waals surface area contributed by atoms with Crippen LogP contribution in [0.2, 0.25) is 5.02 Å². The maximum Gasteiger partial charge on any atom is 0.265 e. The molecule has 0 saturated carbocycles. The van der Waals surface area contributed by atoms with E-state index in [1.165, 1.54) is 22.9 Å². The van der Waals surface area contributed by atoms with Crippen molar-refractivity contribution in [1.29, 1.82) is 5.26 Å². The molecule has 1 atom stereocenters. The number of furan rings is 1. The van der Waals surface area contributed by atoms with Gasteiger partial charge in [-0.15, -0.1) is 0 Å². The number of hydrogen-bond acceptors (Lipinski definition) is 5. The molecule has 1 saturated heterocycles. The molecule has 2 heterocycles. The van der Waals surface area contributed by atoms with Crippen molar-refractivity contribution in [2.24, 2.45) is 0 Å². The van der Waals surface area contributed by atoms with Crippen LogP contribution < -0.4 is 10.2 Å². The Balaban J connectivity index is 1.68. The van der Waals surface area contributed by atoms with Gasteiger partial charge in [0.05, 0.1) is 18.1 Å². The Hall–Kier alpha value is -3.47. The van der Waals surface area contributed by atoms with Crippen molar-refractivity contribution in [3.8, 4) is 6.07 Å². The summed E-state index contributed by atoms with van der Waals surface area (Å²) >= 11 is 7.33. The van der Waals surface area contributed by atoms with Gasteiger partial charge in [-0.05, 0) is 55.3 Å². The lowest BCUT2D eigenvalue weighted by Crippen LogP contribution is -2.32. The van der Waals surface area contributed by atoms with Gasteiger partial charge in [0.1, 0.15) is 22.4 Å². The molecular weight excluding hydrogens is 458 g/mol. The van der Waals surface area contributed by atoms with Gasteiger partial charge in [-0.1, -0.05) is 53.2 Å². The molecule has 1 N–H and O–H groups in total. The number of thioether (sulfide) groups is 1. The Morgan fingerprint density at radius 2 is 2.00 bits per heavy atom. The van der Waals surface area contributed by atoms with Crippen LogP contribution in [0, 0.1) is 18.3 Å². The van der Waals surface area contributed by atoms with Crippen molar-refractivity contribution < 1.29 is 14.0 Å². The van der Waals surface area contributed by atoms with Crippen LogP contribution in [0.5, 0.6) is 0 Å². The molecule has 8 heteroatoms. The summed E-state index contributed by atoms with van der Waals surface area (Å²) in [6.07, 6.45) is 1.93. The van der Waals surface area contributed by atoms with E-state index >= 15 is 0 Å². The molecule has 1 fully saturated rings. The van der Waals surface area contributed by atoms with Crippen LogP contribution in [0.4, 0.5) is 5.69 Å². The van der Waals surface area contributed by atoms with Gasteiger partial charge >= 0.3 is 0 Å². The number of benzene rings is 2. The third-order valence-corrected chi connectivity index (χ3v) is 6.61. The van der Waals surface area contributed by atoms with Crippen molar-refractivity contribution >= 4 is 40.9 Å². The summed E-state index contributed by atoms with van der Waals surface area (Å²) in [5.41, 5.74) is 2.43. The van der Waals surface area contributed by atoms with Gasteiger partial charge in [-0.3, -0.25) is 14.5 Å². The highest BCUT2D eigenvalue weighted by atomic mass is 35.5. The van der Waals surface area contributed by atoms with E-state index in [-0.39, 0.29) is 18.0 Å². The summed E-state index contributed by atoms with van der Waals surface area (Å²) in [5, 5.41) is 13.0. The molecule has 2 aromatic carbocycles. The second kappa shape index (κ2) is 9.99. The molecule has 3 aromatic rings. The molecule has 1 aromatic heterocycles. The van der Waals surface area contributed by atoms with Gasteiger partial charge in [0.25, 0.3) is 5.91 Å². The van der Waals surface area contributed by atoms with Gasteiger partial charge in [0.15, 0.2) is 0 Å². The van der Waals surface area contributed by atoms with E-state index in [9.17, 15) is 14.9 Å². The monoisotopic (exact) mass is 477 g/mol. The number of hydrogen-bond donors (Lipinski definition) is 1. The molecule has 0 unspecified atom stereocenters. The molecule has 0 radical (unpaired) electrons. The van der Waals surface area contributed by atoms with Gasteiger partial charge in [-0.25, -0.2) is 0 Å². The lowest BCUT2D eigenvalue weighted by molar-refractivity contribution is -0.117. The Labute approximate surface area is 200 Å². The van der Waals surface area contributed by atoms with Crippen molar-refractivity contribution in [1.82, 2.24) is 5.32 Å². The largest absolute Gasteiger partial charge is 0.467 e. The van der Waals surface area contributed by atoms with Crippen molar-refractivity contribution in [2.45, 2.75) is 25.1 Å². The van der Waals surface area contributed by atoms with E-state index in [0.717, 1.165) is 11.1 Å². The molecular formula is C25H20ClN3O3S. The van der Waals surface area contributed by atoms with E-state index in [1.807, 2.05) is 55.5 Å². The first-order valence-corrected chi connectivity index (χ1v) is 11.5. The molecule has 33 heavy (non-hydrogen) atoms. The Bertz CT molecular complexity index is 1250. The van der Waals surface area contributed by atoms with Gasteiger partial charge in [-0.2, -0.15) is 5.26 Å². The second-order valence-corrected chi connectivity index (χ2v) is 9.13. The lowest BCUT2D eigenvalue weighted by atomic mass is 10.1. The van der Waals surface area contributed by atoms with Gasteiger partial charge in [0, 0.05) is 10.7 Å². The number of halogens is 1. The third kappa shape index (κ3) is 5.14. The average molecular weight is 478 g/mol. The predicted molar refractivity (Wildman–Crippen MR) is 128 cm³/mol. The number of anilines is 1. The summed E-state index contributed by atoms with van der Waals surface area (Å²) in [6, 6.07) is 20.2. The molecule has 166 valence electrons. The average Bonchev–Trinajstić information content (AvgIpc) is 3.42. The fourth-order valence-electron chi connectivity index (χ4n) is 3.46. The SMILES string of the molecule is Cc1ccc(N2C(=O)[C@H](Cc3cccc(Cl)c3)S/C2=C(/C#N)C(=O)NCc2ccco2)cc1. The number of aryl methyl sites for hydroxylation is 1. The Morgan fingerprint density at radius 1 is 1.21 bits per heavy atom. The zero-order valence-electron chi connectivity index (χ0n) is 17.7. The summed E-state index contributed by atoms with van der Waals surface area (Å²) in [6.45, 7) is 2.09. The van der Waals surface area contributed by atoms with Gasteiger partial charge < -0.3 is 9.73 Å². The topological polar surface area (TPSA) is 86.3 Å². The van der Waals surface area contributed by atoms with Crippen molar-refractivity contribution in [2.75, 3.05) is 4.90 Å². The van der Waals surface area contributed by atoms with E-state index in [1.54, 1.807) is 18.2 Å². The van der Waals surface area contributed by atoms with Crippen molar-refractivity contribution in [3.63, 3.8) is 0 Å². The molecule has 0 spiro atoms. The predicted octanol–water partition coefficient (Wildman–Crippen LogP) is 4.98. The molecule has 4 rings (SSSR count). The Kier molecular flexibility index (Phi) is 6.87. The van der Waals surface area contributed by atoms with Crippen LogP contribution in [0.3, 0.4) is 0 Å². The zero-order valence-corrected chi connectivity index (χ0v) is 19.3. The van der Waals surface area contributed by atoms with Crippen LogP contribution in [-0.4, -0.2) is 17.1 Å². The maximum absolute atomic E-state index is 13.5. The quantitative estimate of drug-likeness (QED) is 0.399. The van der Waals surface area contributed by atoms with Crippen LogP contribution in [0.25, 0.3) is 0 Å². The first kappa shape index (κ1) is 22.7.